The van der Waals surface area contributed by atoms with Gasteiger partial charge in [-0.3, -0.25) is 0 Å². The minimum atomic E-state index is -4.04. The normalized spacial score (nSPS) is 16.5. The Morgan fingerprint density at radius 3 is 2.53 bits per heavy atom. The molecule has 0 spiro atoms. The first-order valence-electron chi connectivity index (χ1n) is 5.36. The van der Waals surface area contributed by atoms with Crippen LogP contribution in [0, 0.1) is 0 Å². The lowest BCUT2D eigenvalue weighted by Crippen LogP contribution is -2.44. The minimum absolute atomic E-state index is 0.0397. The molecule has 1 saturated carbocycles. The molecule has 0 aromatic heterocycles. The third-order valence-electron chi connectivity index (χ3n) is 2.41. The van der Waals surface area contributed by atoms with Gasteiger partial charge >= 0.3 is 16.2 Å². The van der Waals surface area contributed by atoms with Crippen LogP contribution in [0.25, 0.3) is 0 Å². The maximum Gasteiger partial charge on any atom is 0.354 e. The molecule has 17 heavy (non-hydrogen) atoms. The van der Waals surface area contributed by atoms with Crippen LogP contribution in [0.15, 0.2) is 16.7 Å². The molecule has 0 aromatic rings. The fourth-order valence-corrected chi connectivity index (χ4v) is 2.22. The number of nitrogens with zero attached hydrogens (tertiary/aromatic N) is 1. The van der Waals surface area contributed by atoms with Crippen molar-refractivity contribution in [1.82, 2.24) is 10.0 Å². The van der Waals surface area contributed by atoms with Crippen molar-refractivity contribution in [3.8, 4) is 0 Å². The summed E-state index contributed by atoms with van der Waals surface area (Å²) in [5.74, 6) is 1.93. The molecular weight excluding hydrogens is 242 g/mol. The van der Waals surface area contributed by atoms with Crippen molar-refractivity contribution in [2.45, 2.75) is 38.1 Å². The Hall–Kier alpha value is -1.55. The summed E-state index contributed by atoms with van der Waals surface area (Å²) in [5.41, 5.74) is 2.06. The van der Waals surface area contributed by atoms with E-state index in [0.717, 1.165) is 32.1 Å². The van der Waals surface area contributed by atoms with Crippen LogP contribution >= 0.6 is 0 Å². The molecule has 0 radical (unpaired) electrons. The standard InChI is InChI=1S/C10H15N3O3S/c1-2-8-11-17(15,16)13-10(14)12-9-6-4-3-5-7-9/h9H,1,3-7H2,(H2,12,13,14). The van der Waals surface area contributed by atoms with E-state index in [9.17, 15) is 13.2 Å². The van der Waals surface area contributed by atoms with E-state index in [1.165, 1.54) is 0 Å². The van der Waals surface area contributed by atoms with Gasteiger partial charge in [0.2, 0.25) is 0 Å². The summed E-state index contributed by atoms with van der Waals surface area (Å²) in [6.07, 6.45) is 5.02. The van der Waals surface area contributed by atoms with E-state index in [2.05, 4.69) is 22.0 Å². The van der Waals surface area contributed by atoms with Gasteiger partial charge in [0.15, 0.2) is 0 Å². The highest BCUT2D eigenvalue weighted by atomic mass is 32.2. The highest BCUT2D eigenvalue weighted by Crippen LogP contribution is 2.17. The monoisotopic (exact) mass is 257 g/mol. The zero-order valence-electron chi connectivity index (χ0n) is 9.40. The lowest BCUT2D eigenvalue weighted by atomic mass is 9.96. The van der Waals surface area contributed by atoms with Gasteiger partial charge in [-0.25, -0.2) is 9.52 Å². The number of hydrogen-bond acceptors (Lipinski definition) is 3. The Labute approximate surface area is 101 Å². The average molecular weight is 257 g/mol. The first-order chi connectivity index (χ1) is 8.03. The largest absolute Gasteiger partial charge is 0.354 e. The molecule has 2 amide bonds. The molecule has 1 aliphatic rings. The SMILES string of the molecule is C=C=C=NS(=O)(=O)NC(=O)NC1CCCCC1. The molecule has 7 heteroatoms. The molecule has 0 bridgehead atoms. The molecule has 1 aliphatic carbocycles. The van der Waals surface area contributed by atoms with Crippen molar-refractivity contribution >= 4 is 22.1 Å². The Balaban J connectivity index is 2.48. The quantitative estimate of drug-likeness (QED) is 0.581. The number of urea groups is 1. The summed E-state index contributed by atoms with van der Waals surface area (Å²) in [6, 6.07) is -0.718. The van der Waals surface area contributed by atoms with Crippen molar-refractivity contribution in [1.29, 1.82) is 0 Å². The van der Waals surface area contributed by atoms with Crippen LogP contribution in [0.4, 0.5) is 4.79 Å². The third kappa shape index (κ3) is 5.36. The molecule has 6 nitrogen and oxygen atoms in total. The van der Waals surface area contributed by atoms with Crippen molar-refractivity contribution < 1.29 is 13.2 Å². The molecule has 1 rings (SSSR count). The summed E-state index contributed by atoms with van der Waals surface area (Å²) in [7, 11) is -4.04. The smallest absolute Gasteiger partial charge is 0.335 e. The number of hydrogen-bond donors (Lipinski definition) is 2. The van der Waals surface area contributed by atoms with Gasteiger partial charge in [-0.1, -0.05) is 29.4 Å². The Morgan fingerprint density at radius 2 is 1.94 bits per heavy atom. The second-order valence-electron chi connectivity index (χ2n) is 3.77. The summed E-state index contributed by atoms with van der Waals surface area (Å²) >= 11 is 0. The molecule has 0 heterocycles. The Bertz CT molecular complexity index is 453. The van der Waals surface area contributed by atoms with E-state index in [4.69, 9.17) is 0 Å². The highest BCUT2D eigenvalue weighted by Gasteiger charge is 2.18. The van der Waals surface area contributed by atoms with Crippen LogP contribution in [0.5, 0.6) is 0 Å². The number of carbonyl (C=O) groups is 1. The Kier molecular flexibility index (Phi) is 4.97. The van der Waals surface area contributed by atoms with E-state index in [0.29, 0.717) is 0 Å². The second kappa shape index (κ2) is 6.25. The van der Waals surface area contributed by atoms with E-state index in [1.807, 2.05) is 5.87 Å². The number of nitrogens with one attached hydrogen (secondary N) is 2. The van der Waals surface area contributed by atoms with Crippen LogP contribution in [0.3, 0.4) is 0 Å². The first kappa shape index (κ1) is 13.5. The number of rotatable bonds is 3. The third-order valence-corrected chi connectivity index (χ3v) is 3.18. The fraction of sp³-hybridized carbons (Fsp3) is 0.600. The topological polar surface area (TPSA) is 87.6 Å². The lowest BCUT2D eigenvalue weighted by molar-refractivity contribution is 0.237. The predicted octanol–water partition coefficient (Wildman–Crippen LogP) is 0.874. The van der Waals surface area contributed by atoms with Gasteiger partial charge in [0.25, 0.3) is 0 Å². The molecule has 94 valence electrons. The summed E-state index contributed by atoms with van der Waals surface area (Å²) in [4.78, 5) is 11.4. The van der Waals surface area contributed by atoms with Gasteiger partial charge in [0, 0.05) is 6.04 Å². The Morgan fingerprint density at radius 1 is 1.29 bits per heavy atom. The molecule has 2 N–H and O–H groups in total. The van der Waals surface area contributed by atoms with E-state index in [-0.39, 0.29) is 6.04 Å². The van der Waals surface area contributed by atoms with Gasteiger partial charge in [0.1, 0.15) is 0 Å². The predicted molar refractivity (Wildman–Crippen MR) is 64.0 cm³/mol. The molecule has 0 unspecified atom stereocenters. The van der Waals surface area contributed by atoms with Crippen molar-refractivity contribution in [2.75, 3.05) is 0 Å². The molecule has 0 atom stereocenters. The summed E-state index contributed by atoms with van der Waals surface area (Å²) < 4.78 is 27.1. The van der Waals surface area contributed by atoms with Gasteiger partial charge in [-0.05, 0) is 19.4 Å². The van der Waals surface area contributed by atoms with Crippen LogP contribution in [0.2, 0.25) is 0 Å². The van der Waals surface area contributed by atoms with Crippen LogP contribution in [-0.4, -0.2) is 26.4 Å². The summed E-state index contributed by atoms with van der Waals surface area (Å²) in [6.45, 7) is 3.11. The highest BCUT2D eigenvalue weighted by molar-refractivity contribution is 7.88. The molecule has 0 aliphatic heterocycles. The van der Waals surface area contributed by atoms with Crippen molar-refractivity contribution in [3.63, 3.8) is 0 Å². The maximum absolute atomic E-state index is 11.4. The zero-order valence-corrected chi connectivity index (χ0v) is 10.2. The second-order valence-corrected chi connectivity index (χ2v) is 5.10. The zero-order chi connectivity index (χ0) is 12.7. The van der Waals surface area contributed by atoms with Crippen molar-refractivity contribution in [3.05, 3.63) is 12.3 Å². The van der Waals surface area contributed by atoms with Crippen LogP contribution in [-0.2, 0) is 10.2 Å². The molecule has 1 fully saturated rings. The van der Waals surface area contributed by atoms with Gasteiger partial charge in [0.05, 0.1) is 5.87 Å². The van der Waals surface area contributed by atoms with Crippen molar-refractivity contribution in [2.24, 2.45) is 4.40 Å². The summed E-state index contributed by atoms with van der Waals surface area (Å²) in [5, 5.41) is 2.60. The molecule has 0 aromatic carbocycles. The number of amides is 2. The fourth-order valence-electron chi connectivity index (χ4n) is 1.69. The van der Waals surface area contributed by atoms with Crippen LogP contribution < -0.4 is 10.0 Å². The molecule has 0 saturated heterocycles. The lowest BCUT2D eigenvalue weighted by Gasteiger charge is -2.22. The van der Waals surface area contributed by atoms with E-state index in [1.54, 1.807) is 4.72 Å². The first-order valence-corrected chi connectivity index (χ1v) is 6.80. The van der Waals surface area contributed by atoms with Gasteiger partial charge < -0.3 is 5.32 Å². The number of carbonyl (C=O) groups excluding carboxylic acids is 1. The van der Waals surface area contributed by atoms with Gasteiger partial charge in [-0.15, -0.1) is 0 Å². The van der Waals surface area contributed by atoms with Gasteiger partial charge in [-0.2, -0.15) is 8.42 Å². The maximum atomic E-state index is 11.4. The average Bonchev–Trinajstić information content (AvgIpc) is 2.27. The minimum Gasteiger partial charge on any atom is -0.335 e. The van der Waals surface area contributed by atoms with E-state index >= 15 is 0 Å². The van der Waals surface area contributed by atoms with E-state index < -0.39 is 16.2 Å². The molecular formula is C10H15N3O3S. The van der Waals surface area contributed by atoms with Crippen LogP contribution in [0.1, 0.15) is 32.1 Å².